The smallest absolute Gasteiger partial charge is 0.277 e. The molecule has 1 rings (SSSR count). The highest BCUT2D eigenvalue weighted by Gasteiger charge is 2.31. The first-order chi connectivity index (χ1) is 7.16. The second-order valence-electron chi connectivity index (χ2n) is 4.73. The molecule has 0 aromatic carbocycles. The number of hydrogen-bond donors (Lipinski definition) is 0. The number of rotatable bonds is 6. The van der Waals surface area contributed by atoms with Gasteiger partial charge in [0, 0.05) is 12.8 Å². The van der Waals surface area contributed by atoms with Crippen molar-refractivity contribution >= 4 is 5.97 Å². The van der Waals surface area contributed by atoms with E-state index in [0.717, 1.165) is 25.9 Å². The summed E-state index contributed by atoms with van der Waals surface area (Å²) in [5.41, 5.74) is 0. The highest BCUT2D eigenvalue weighted by molar-refractivity contribution is 5.68. The number of likely N-dealkylation sites (tertiary alicyclic amines) is 1. The molecule has 1 heterocycles. The standard InChI is InChI=1S/C12H24NO2/c1-3-4-5-6-9-12(14)15-13(2)10-7-8-11-13/h3-11H2,1-2H3/q+1. The summed E-state index contributed by atoms with van der Waals surface area (Å²) in [6.45, 7) is 4.15. The van der Waals surface area contributed by atoms with Crippen LogP contribution < -0.4 is 0 Å². The topological polar surface area (TPSA) is 26.3 Å². The first-order valence-corrected chi connectivity index (χ1v) is 6.23. The lowest BCUT2D eigenvalue weighted by Crippen LogP contribution is -2.42. The Hall–Kier alpha value is -0.570. The Labute approximate surface area is 92.9 Å². The van der Waals surface area contributed by atoms with Crippen LogP contribution in [0, 0.1) is 0 Å². The Morgan fingerprint density at radius 2 is 1.87 bits per heavy atom. The van der Waals surface area contributed by atoms with E-state index in [1.807, 2.05) is 7.05 Å². The fourth-order valence-corrected chi connectivity index (χ4v) is 2.08. The molecular formula is C12H24NO2+. The Kier molecular flexibility index (Phi) is 5.09. The average molecular weight is 214 g/mol. The quantitative estimate of drug-likeness (QED) is 0.502. The van der Waals surface area contributed by atoms with E-state index in [2.05, 4.69) is 6.92 Å². The van der Waals surface area contributed by atoms with Crippen LogP contribution in [0.15, 0.2) is 0 Å². The van der Waals surface area contributed by atoms with E-state index in [9.17, 15) is 4.79 Å². The lowest BCUT2D eigenvalue weighted by molar-refractivity contribution is -1.07. The third-order valence-electron chi connectivity index (χ3n) is 3.07. The first-order valence-electron chi connectivity index (χ1n) is 6.23. The van der Waals surface area contributed by atoms with Crippen LogP contribution in [0.5, 0.6) is 0 Å². The molecule has 0 radical (unpaired) electrons. The summed E-state index contributed by atoms with van der Waals surface area (Å²) < 4.78 is 0.507. The van der Waals surface area contributed by atoms with Crippen molar-refractivity contribution in [2.75, 3.05) is 20.1 Å². The zero-order valence-corrected chi connectivity index (χ0v) is 10.1. The van der Waals surface area contributed by atoms with Crippen LogP contribution in [-0.2, 0) is 9.63 Å². The van der Waals surface area contributed by atoms with E-state index in [-0.39, 0.29) is 5.97 Å². The number of unbranched alkanes of at least 4 members (excludes halogenated alkanes) is 3. The van der Waals surface area contributed by atoms with Crippen LogP contribution in [0.2, 0.25) is 0 Å². The summed E-state index contributed by atoms with van der Waals surface area (Å²) in [7, 11) is 2.01. The predicted octanol–water partition coefficient (Wildman–Crippen LogP) is 2.66. The molecule has 15 heavy (non-hydrogen) atoms. The van der Waals surface area contributed by atoms with Crippen LogP contribution >= 0.6 is 0 Å². The third-order valence-corrected chi connectivity index (χ3v) is 3.07. The molecule has 0 spiro atoms. The molecule has 1 aliphatic heterocycles. The molecule has 3 nitrogen and oxygen atoms in total. The first kappa shape index (κ1) is 12.5. The highest BCUT2D eigenvalue weighted by atomic mass is 16.7. The van der Waals surface area contributed by atoms with Crippen LogP contribution in [0.4, 0.5) is 0 Å². The number of quaternary nitrogens is 1. The lowest BCUT2D eigenvalue weighted by Gasteiger charge is -2.25. The molecule has 0 amide bonds. The van der Waals surface area contributed by atoms with Gasteiger partial charge in [-0.2, -0.15) is 0 Å². The molecule has 0 unspecified atom stereocenters. The molecule has 88 valence electrons. The van der Waals surface area contributed by atoms with Crippen molar-refractivity contribution in [1.29, 1.82) is 0 Å². The molecule has 1 aliphatic rings. The van der Waals surface area contributed by atoms with Gasteiger partial charge >= 0.3 is 5.97 Å². The molecular weight excluding hydrogens is 190 g/mol. The zero-order valence-electron chi connectivity index (χ0n) is 10.1. The van der Waals surface area contributed by atoms with Crippen molar-refractivity contribution in [3.8, 4) is 0 Å². The molecule has 0 bridgehead atoms. The maximum Gasteiger partial charge on any atom is 0.366 e. The summed E-state index contributed by atoms with van der Waals surface area (Å²) in [6.07, 6.45) is 7.51. The fraction of sp³-hybridized carbons (Fsp3) is 0.917. The van der Waals surface area contributed by atoms with E-state index in [1.165, 1.54) is 25.7 Å². The molecule has 1 fully saturated rings. The van der Waals surface area contributed by atoms with E-state index in [0.29, 0.717) is 11.1 Å². The summed E-state index contributed by atoms with van der Waals surface area (Å²) in [5.74, 6) is -0.0181. The Morgan fingerprint density at radius 1 is 1.20 bits per heavy atom. The largest absolute Gasteiger partial charge is 0.366 e. The number of hydroxylamine groups is 3. The summed E-state index contributed by atoms with van der Waals surface area (Å²) >= 11 is 0. The second kappa shape index (κ2) is 6.11. The molecule has 1 saturated heterocycles. The molecule has 0 atom stereocenters. The van der Waals surface area contributed by atoms with Gasteiger partial charge in [0.05, 0.1) is 6.42 Å². The van der Waals surface area contributed by atoms with Gasteiger partial charge in [0.15, 0.2) is 0 Å². The van der Waals surface area contributed by atoms with Gasteiger partial charge in [-0.05, 0) is 6.42 Å². The predicted molar refractivity (Wildman–Crippen MR) is 60.0 cm³/mol. The van der Waals surface area contributed by atoms with Crippen molar-refractivity contribution in [3.63, 3.8) is 0 Å². The van der Waals surface area contributed by atoms with Gasteiger partial charge in [-0.15, -0.1) is 4.65 Å². The molecule has 0 aromatic heterocycles. The van der Waals surface area contributed by atoms with Crippen molar-refractivity contribution in [1.82, 2.24) is 0 Å². The maximum absolute atomic E-state index is 11.5. The Morgan fingerprint density at radius 3 is 2.47 bits per heavy atom. The van der Waals surface area contributed by atoms with Crippen LogP contribution in [-0.4, -0.2) is 30.8 Å². The van der Waals surface area contributed by atoms with E-state index in [4.69, 9.17) is 4.84 Å². The lowest BCUT2D eigenvalue weighted by atomic mass is 10.2. The molecule has 0 saturated carbocycles. The summed E-state index contributed by atoms with van der Waals surface area (Å²) in [4.78, 5) is 17.0. The zero-order chi connectivity index (χ0) is 11.1. The monoisotopic (exact) mass is 214 g/mol. The van der Waals surface area contributed by atoms with Crippen molar-refractivity contribution < 1.29 is 14.3 Å². The minimum absolute atomic E-state index is 0.0181. The maximum atomic E-state index is 11.5. The number of nitrogens with zero attached hydrogens (tertiary/aromatic N) is 1. The molecule has 0 aliphatic carbocycles. The van der Waals surface area contributed by atoms with E-state index < -0.39 is 0 Å². The van der Waals surface area contributed by atoms with Crippen LogP contribution in [0.25, 0.3) is 0 Å². The average Bonchev–Trinajstić information content (AvgIpc) is 2.59. The highest BCUT2D eigenvalue weighted by Crippen LogP contribution is 2.18. The summed E-state index contributed by atoms with van der Waals surface area (Å²) in [6, 6.07) is 0. The van der Waals surface area contributed by atoms with Gasteiger partial charge in [0.25, 0.3) is 0 Å². The molecule has 0 aromatic rings. The van der Waals surface area contributed by atoms with Crippen molar-refractivity contribution in [2.24, 2.45) is 0 Å². The fourth-order valence-electron chi connectivity index (χ4n) is 2.08. The molecule has 0 N–H and O–H groups in total. The van der Waals surface area contributed by atoms with Gasteiger partial charge in [0.1, 0.15) is 20.1 Å². The van der Waals surface area contributed by atoms with Crippen molar-refractivity contribution in [2.45, 2.75) is 51.9 Å². The Bertz CT molecular complexity index is 198. The van der Waals surface area contributed by atoms with Gasteiger partial charge in [-0.1, -0.05) is 26.2 Å². The van der Waals surface area contributed by atoms with Crippen LogP contribution in [0.1, 0.15) is 51.9 Å². The summed E-state index contributed by atoms with van der Waals surface area (Å²) in [5, 5.41) is 0. The van der Waals surface area contributed by atoms with Crippen LogP contribution in [0.3, 0.4) is 0 Å². The normalized spacial score (nSPS) is 19.1. The molecule has 3 heteroatoms. The van der Waals surface area contributed by atoms with E-state index in [1.54, 1.807) is 0 Å². The van der Waals surface area contributed by atoms with Gasteiger partial charge < -0.3 is 0 Å². The van der Waals surface area contributed by atoms with Gasteiger partial charge in [-0.25, -0.2) is 4.79 Å². The number of carbonyl (C=O) groups is 1. The van der Waals surface area contributed by atoms with E-state index >= 15 is 0 Å². The van der Waals surface area contributed by atoms with Gasteiger partial charge in [0.2, 0.25) is 0 Å². The number of carbonyl (C=O) groups excluding carboxylic acids is 1. The van der Waals surface area contributed by atoms with Crippen molar-refractivity contribution in [3.05, 3.63) is 0 Å². The number of hydrogen-bond acceptors (Lipinski definition) is 2. The SMILES string of the molecule is CCCCCCC(=O)O[N+]1(C)CCCC1. The second-order valence-corrected chi connectivity index (χ2v) is 4.73. The van der Waals surface area contributed by atoms with Gasteiger partial charge in [-0.3, -0.25) is 4.84 Å². The minimum atomic E-state index is -0.0181. The Balaban J connectivity index is 2.12. The minimum Gasteiger partial charge on any atom is -0.277 e. The third kappa shape index (κ3) is 4.65.